The summed E-state index contributed by atoms with van der Waals surface area (Å²) >= 11 is 5.92. The lowest BCUT2D eigenvalue weighted by Crippen LogP contribution is -2.53. The summed E-state index contributed by atoms with van der Waals surface area (Å²) in [5.41, 5.74) is 7.22. The van der Waals surface area contributed by atoms with Gasteiger partial charge in [-0.15, -0.1) is 0 Å². The number of nitrogens with one attached hydrogen (secondary N) is 1. The maximum Gasteiger partial charge on any atom is 0.0521 e. The molecule has 0 aromatic heterocycles. The number of hydrogen-bond donors (Lipinski definition) is 2. The van der Waals surface area contributed by atoms with Gasteiger partial charge in [0.05, 0.1) is 5.54 Å². The molecule has 18 heavy (non-hydrogen) atoms. The molecule has 1 aromatic rings. The molecule has 0 spiro atoms. The van der Waals surface area contributed by atoms with Crippen molar-refractivity contribution >= 4 is 17.3 Å². The zero-order valence-corrected chi connectivity index (χ0v) is 12.0. The third kappa shape index (κ3) is 2.81. The minimum Gasteiger partial charge on any atom is -0.378 e. The van der Waals surface area contributed by atoms with Gasteiger partial charge in [-0.3, -0.25) is 0 Å². The Kier molecular flexibility index (Phi) is 4.18. The van der Waals surface area contributed by atoms with Crippen molar-refractivity contribution in [1.82, 2.24) is 0 Å². The van der Waals surface area contributed by atoms with E-state index in [-0.39, 0.29) is 5.54 Å². The van der Waals surface area contributed by atoms with Gasteiger partial charge in [-0.1, -0.05) is 25.4 Å². The van der Waals surface area contributed by atoms with Crippen LogP contribution in [-0.4, -0.2) is 12.1 Å². The van der Waals surface area contributed by atoms with Gasteiger partial charge in [0.15, 0.2) is 0 Å². The van der Waals surface area contributed by atoms with Gasteiger partial charge in [-0.05, 0) is 55.4 Å². The monoisotopic (exact) mass is 266 g/mol. The number of nitrogens with two attached hydrogens (primary N) is 1. The van der Waals surface area contributed by atoms with E-state index in [1.807, 2.05) is 24.3 Å². The summed E-state index contributed by atoms with van der Waals surface area (Å²) in [6, 6.07) is 7.91. The molecular formula is C15H23ClN2. The highest BCUT2D eigenvalue weighted by molar-refractivity contribution is 6.30. The first-order valence-electron chi connectivity index (χ1n) is 6.79. The maximum absolute atomic E-state index is 6.06. The van der Waals surface area contributed by atoms with E-state index in [4.69, 9.17) is 17.3 Å². The smallest absolute Gasteiger partial charge is 0.0521 e. The van der Waals surface area contributed by atoms with E-state index in [1.165, 1.54) is 12.8 Å². The van der Waals surface area contributed by atoms with Crippen molar-refractivity contribution in [2.24, 2.45) is 17.6 Å². The number of rotatable bonds is 3. The molecule has 1 fully saturated rings. The molecule has 2 nitrogen and oxygen atoms in total. The first-order valence-corrected chi connectivity index (χ1v) is 7.17. The van der Waals surface area contributed by atoms with Gasteiger partial charge < -0.3 is 11.1 Å². The van der Waals surface area contributed by atoms with Crippen molar-refractivity contribution in [1.29, 1.82) is 0 Å². The van der Waals surface area contributed by atoms with E-state index < -0.39 is 0 Å². The Labute approximate surface area is 115 Å². The Balaban J connectivity index is 2.15. The van der Waals surface area contributed by atoms with Crippen LogP contribution in [0, 0.1) is 11.8 Å². The van der Waals surface area contributed by atoms with Crippen LogP contribution in [-0.2, 0) is 0 Å². The molecule has 3 N–H and O–H groups in total. The van der Waals surface area contributed by atoms with E-state index in [9.17, 15) is 0 Å². The van der Waals surface area contributed by atoms with Crippen LogP contribution < -0.4 is 11.1 Å². The van der Waals surface area contributed by atoms with Gasteiger partial charge in [-0.25, -0.2) is 0 Å². The number of benzene rings is 1. The summed E-state index contributed by atoms with van der Waals surface area (Å²) < 4.78 is 0. The Morgan fingerprint density at radius 3 is 2.56 bits per heavy atom. The van der Waals surface area contributed by atoms with Gasteiger partial charge in [0.1, 0.15) is 0 Å². The zero-order valence-electron chi connectivity index (χ0n) is 11.2. The van der Waals surface area contributed by atoms with Crippen molar-refractivity contribution in [3.63, 3.8) is 0 Å². The van der Waals surface area contributed by atoms with Crippen molar-refractivity contribution < 1.29 is 0 Å². The normalized spacial score (nSPS) is 32.2. The lowest BCUT2D eigenvalue weighted by atomic mass is 9.70. The van der Waals surface area contributed by atoms with Crippen LogP contribution >= 0.6 is 11.6 Å². The Morgan fingerprint density at radius 2 is 2.00 bits per heavy atom. The number of hydrogen-bond acceptors (Lipinski definition) is 2. The van der Waals surface area contributed by atoms with E-state index >= 15 is 0 Å². The quantitative estimate of drug-likeness (QED) is 0.871. The van der Waals surface area contributed by atoms with E-state index in [0.29, 0.717) is 12.5 Å². The zero-order chi connectivity index (χ0) is 13.2. The standard InChI is InChI=1S/C15H23ClN2/c1-11-7-8-15(10-17,12(2)9-11)18-14-5-3-13(16)4-6-14/h3-6,11-12,18H,7-10,17H2,1-2H3. The molecule has 3 heteroatoms. The molecule has 1 aliphatic carbocycles. The van der Waals surface area contributed by atoms with Gasteiger partial charge in [0.2, 0.25) is 0 Å². The van der Waals surface area contributed by atoms with Crippen molar-refractivity contribution in [2.75, 3.05) is 11.9 Å². The molecule has 100 valence electrons. The molecule has 0 radical (unpaired) electrons. The second-order valence-corrected chi connectivity index (χ2v) is 6.21. The maximum atomic E-state index is 6.06. The summed E-state index contributed by atoms with van der Waals surface area (Å²) in [4.78, 5) is 0. The average molecular weight is 267 g/mol. The molecule has 0 heterocycles. The molecule has 2 rings (SSSR count). The SMILES string of the molecule is CC1CCC(CN)(Nc2ccc(Cl)cc2)C(C)C1. The minimum atomic E-state index is 0.0420. The summed E-state index contributed by atoms with van der Waals surface area (Å²) in [6.07, 6.45) is 3.65. The van der Waals surface area contributed by atoms with Crippen LogP contribution in [0.4, 0.5) is 5.69 Å². The fourth-order valence-electron chi connectivity index (χ4n) is 3.06. The second-order valence-electron chi connectivity index (χ2n) is 5.77. The molecule has 1 aromatic carbocycles. The highest BCUT2D eigenvalue weighted by Gasteiger charge is 2.38. The summed E-state index contributed by atoms with van der Waals surface area (Å²) in [5.74, 6) is 1.41. The van der Waals surface area contributed by atoms with E-state index in [0.717, 1.165) is 23.0 Å². The predicted octanol–water partition coefficient (Wildman–Crippen LogP) is 3.91. The number of anilines is 1. The predicted molar refractivity (Wildman–Crippen MR) is 79.0 cm³/mol. The average Bonchev–Trinajstić information content (AvgIpc) is 2.36. The molecule has 3 unspecified atom stereocenters. The molecule has 3 atom stereocenters. The fraction of sp³-hybridized carbons (Fsp3) is 0.600. The molecule has 0 saturated heterocycles. The van der Waals surface area contributed by atoms with Crippen LogP contribution in [0.15, 0.2) is 24.3 Å². The Morgan fingerprint density at radius 1 is 1.33 bits per heavy atom. The van der Waals surface area contributed by atoms with Crippen LogP contribution in [0.3, 0.4) is 0 Å². The minimum absolute atomic E-state index is 0.0420. The summed E-state index contributed by atoms with van der Waals surface area (Å²) in [5, 5.41) is 4.43. The van der Waals surface area contributed by atoms with E-state index in [2.05, 4.69) is 19.2 Å². The summed E-state index contributed by atoms with van der Waals surface area (Å²) in [6.45, 7) is 5.33. The van der Waals surface area contributed by atoms with Crippen LogP contribution in [0.1, 0.15) is 33.1 Å². The molecule has 1 saturated carbocycles. The first kappa shape index (κ1) is 13.7. The van der Waals surface area contributed by atoms with Crippen LogP contribution in [0.2, 0.25) is 5.02 Å². The molecule has 0 aliphatic heterocycles. The van der Waals surface area contributed by atoms with Crippen LogP contribution in [0.25, 0.3) is 0 Å². The summed E-state index contributed by atoms with van der Waals surface area (Å²) in [7, 11) is 0. The second kappa shape index (κ2) is 5.50. The van der Waals surface area contributed by atoms with Crippen molar-refractivity contribution in [2.45, 2.75) is 38.6 Å². The van der Waals surface area contributed by atoms with Crippen molar-refractivity contribution in [3.8, 4) is 0 Å². The van der Waals surface area contributed by atoms with E-state index in [1.54, 1.807) is 0 Å². The third-order valence-electron chi connectivity index (χ3n) is 4.38. The third-order valence-corrected chi connectivity index (χ3v) is 4.64. The fourth-order valence-corrected chi connectivity index (χ4v) is 3.18. The Bertz CT molecular complexity index is 390. The molecule has 0 amide bonds. The highest BCUT2D eigenvalue weighted by atomic mass is 35.5. The van der Waals surface area contributed by atoms with Gasteiger partial charge in [0.25, 0.3) is 0 Å². The van der Waals surface area contributed by atoms with Gasteiger partial charge >= 0.3 is 0 Å². The topological polar surface area (TPSA) is 38.0 Å². The van der Waals surface area contributed by atoms with Crippen molar-refractivity contribution in [3.05, 3.63) is 29.3 Å². The lowest BCUT2D eigenvalue weighted by molar-refractivity contribution is 0.189. The number of halogens is 1. The first-order chi connectivity index (χ1) is 8.55. The highest BCUT2D eigenvalue weighted by Crippen LogP contribution is 2.38. The molecular weight excluding hydrogens is 244 g/mol. The van der Waals surface area contributed by atoms with Gasteiger partial charge in [-0.2, -0.15) is 0 Å². The Hall–Kier alpha value is -0.730. The lowest BCUT2D eigenvalue weighted by Gasteiger charge is -2.45. The molecule has 1 aliphatic rings. The molecule has 0 bridgehead atoms. The largest absolute Gasteiger partial charge is 0.378 e. The van der Waals surface area contributed by atoms with Gasteiger partial charge in [0, 0.05) is 17.3 Å². The van der Waals surface area contributed by atoms with Crippen LogP contribution in [0.5, 0.6) is 0 Å².